The zero-order valence-electron chi connectivity index (χ0n) is 17.9. The highest BCUT2D eigenvalue weighted by Crippen LogP contribution is 2.12. The molecule has 31 heavy (non-hydrogen) atoms. The van der Waals surface area contributed by atoms with E-state index in [-0.39, 0.29) is 38.6 Å². The molecule has 0 fully saturated rings. The molecule has 0 bridgehead atoms. The van der Waals surface area contributed by atoms with Crippen LogP contribution in [0.3, 0.4) is 0 Å². The smallest absolute Gasteiger partial charge is 0.330 e. The summed E-state index contributed by atoms with van der Waals surface area (Å²) in [5.41, 5.74) is 0.569. The Balaban J connectivity index is 2.07. The predicted octanol–water partition coefficient (Wildman–Crippen LogP) is 3.28. The van der Waals surface area contributed by atoms with Crippen LogP contribution in [0, 0.1) is 5.92 Å². The standard InChI is InChI=1S/C23H30O8/c1-3-18(17-31-21(25)4-2)12-15-30-23(27)11-10-22(26)29-14-5-13-28-20-8-6-19(16-24)7-9-20/h4,6-9,16,18H,2-3,5,10-15,17H2,1H3. The van der Waals surface area contributed by atoms with Crippen LogP contribution in [-0.4, -0.2) is 50.6 Å². The number of esters is 3. The second-order valence-electron chi connectivity index (χ2n) is 6.73. The van der Waals surface area contributed by atoms with Gasteiger partial charge in [-0.1, -0.05) is 13.5 Å². The first-order valence-electron chi connectivity index (χ1n) is 10.3. The average Bonchev–Trinajstić information content (AvgIpc) is 2.79. The third-order valence-corrected chi connectivity index (χ3v) is 4.36. The lowest BCUT2D eigenvalue weighted by Crippen LogP contribution is -2.16. The molecule has 0 aromatic heterocycles. The second kappa shape index (κ2) is 15.6. The summed E-state index contributed by atoms with van der Waals surface area (Å²) in [5, 5.41) is 0. The van der Waals surface area contributed by atoms with Crippen LogP contribution in [0.4, 0.5) is 0 Å². The highest BCUT2D eigenvalue weighted by Gasteiger charge is 2.12. The lowest BCUT2D eigenvalue weighted by molar-refractivity contribution is -0.150. The largest absolute Gasteiger partial charge is 0.493 e. The SMILES string of the molecule is C=CC(=O)OCC(CC)CCOC(=O)CCC(=O)OCCCOc1ccc(C=O)cc1. The van der Waals surface area contributed by atoms with Crippen molar-refractivity contribution < 1.29 is 38.1 Å². The Hall–Kier alpha value is -3.16. The zero-order valence-corrected chi connectivity index (χ0v) is 17.9. The molecule has 1 atom stereocenters. The van der Waals surface area contributed by atoms with Crippen molar-refractivity contribution in [2.45, 2.75) is 39.0 Å². The summed E-state index contributed by atoms with van der Waals surface area (Å²) in [6, 6.07) is 6.69. The molecular formula is C23H30O8. The Morgan fingerprint density at radius 2 is 1.61 bits per heavy atom. The van der Waals surface area contributed by atoms with Crippen molar-refractivity contribution in [3.05, 3.63) is 42.5 Å². The number of aldehydes is 1. The fraction of sp³-hybridized carbons (Fsp3) is 0.478. The van der Waals surface area contributed by atoms with Gasteiger partial charge in [-0.25, -0.2) is 4.79 Å². The molecular weight excluding hydrogens is 404 g/mol. The van der Waals surface area contributed by atoms with E-state index in [0.29, 0.717) is 30.8 Å². The molecule has 1 aromatic carbocycles. The highest BCUT2D eigenvalue weighted by molar-refractivity contribution is 5.81. The van der Waals surface area contributed by atoms with E-state index >= 15 is 0 Å². The Morgan fingerprint density at radius 1 is 0.968 bits per heavy atom. The van der Waals surface area contributed by atoms with E-state index in [1.165, 1.54) is 0 Å². The fourth-order valence-electron chi connectivity index (χ4n) is 2.43. The van der Waals surface area contributed by atoms with E-state index in [9.17, 15) is 19.2 Å². The number of hydrogen-bond acceptors (Lipinski definition) is 8. The molecule has 0 amide bonds. The number of benzene rings is 1. The molecule has 8 heteroatoms. The van der Waals surface area contributed by atoms with Crippen LogP contribution in [0.1, 0.15) is 49.4 Å². The van der Waals surface area contributed by atoms with Crippen LogP contribution in [0.15, 0.2) is 36.9 Å². The first-order chi connectivity index (χ1) is 15.0. The van der Waals surface area contributed by atoms with Crippen molar-refractivity contribution >= 4 is 24.2 Å². The molecule has 0 radical (unpaired) electrons. The van der Waals surface area contributed by atoms with Gasteiger partial charge in [-0.05, 0) is 43.0 Å². The lowest BCUT2D eigenvalue weighted by atomic mass is 10.0. The average molecular weight is 434 g/mol. The minimum Gasteiger partial charge on any atom is -0.493 e. The van der Waals surface area contributed by atoms with Crippen LogP contribution in [0.2, 0.25) is 0 Å². The molecule has 1 rings (SSSR count). The lowest BCUT2D eigenvalue weighted by Gasteiger charge is -2.14. The molecule has 0 aliphatic heterocycles. The quantitative estimate of drug-likeness (QED) is 0.128. The molecule has 0 heterocycles. The Bertz CT molecular complexity index is 711. The summed E-state index contributed by atoms with van der Waals surface area (Å²) >= 11 is 0. The van der Waals surface area contributed by atoms with E-state index in [2.05, 4.69) is 6.58 Å². The van der Waals surface area contributed by atoms with Gasteiger partial charge in [-0.15, -0.1) is 0 Å². The van der Waals surface area contributed by atoms with Crippen molar-refractivity contribution in [3.63, 3.8) is 0 Å². The van der Waals surface area contributed by atoms with Gasteiger partial charge in [0.15, 0.2) is 0 Å². The summed E-state index contributed by atoms with van der Waals surface area (Å²) in [6.07, 6.45) is 3.59. The van der Waals surface area contributed by atoms with Gasteiger partial charge >= 0.3 is 17.9 Å². The van der Waals surface area contributed by atoms with Gasteiger partial charge in [0.25, 0.3) is 0 Å². The topological polar surface area (TPSA) is 105 Å². The number of rotatable bonds is 16. The second-order valence-corrected chi connectivity index (χ2v) is 6.73. The summed E-state index contributed by atoms with van der Waals surface area (Å²) in [4.78, 5) is 45.1. The summed E-state index contributed by atoms with van der Waals surface area (Å²) < 4.78 is 20.7. The van der Waals surface area contributed by atoms with Crippen LogP contribution < -0.4 is 4.74 Å². The third-order valence-electron chi connectivity index (χ3n) is 4.36. The number of hydrogen-bond donors (Lipinski definition) is 0. The minimum absolute atomic E-state index is 0.0546. The Kier molecular flexibility index (Phi) is 13.1. The highest BCUT2D eigenvalue weighted by atomic mass is 16.5. The molecule has 0 spiro atoms. The van der Waals surface area contributed by atoms with E-state index in [1.807, 2.05) is 6.92 Å². The van der Waals surface area contributed by atoms with Crippen molar-refractivity contribution in [3.8, 4) is 5.75 Å². The van der Waals surface area contributed by atoms with Gasteiger partial charge in [0.1, 0.15) is 12.0 Å². The van der Waals surface area contributed by atoms with Crippen LogP contribution in [0.5, 0.6) is 5.75 Å². The van der Waals surface area contributed by atoms with Gasteiger partial charge in [0.2, 0.25) is 0 Å². The van der Waals surface area contributed by atoms with Gasteiger partial charge < -0.3 is 18.9 Å². The molecule has 0 N–H and O–H groups in total. The molecule has 0 saturated heterocycles. The Morgan fingerprint density at radius 3 is 2.19 bits per heavy atom. The first-order valence-corrected chi connectivity index (χ1v) is 10.3. The molecule has 0 aliphatic carbocycles. The number of ether oxygens (including phenoxy) is 4. The van der Waals surface area contributed by atoms with E-state index < -0.39 is 17.9 Å². The van der Waals surface area contributed by atoms with Crippen molar-refractivity contribution in [1.82, 2.24) is 0 Å². The maximum absolute atomic E-state index is 11.7. The number of carbonyl (C=O) groups is 4. The molecule has 1 unspecified atom stereocenters. The molecule has 0 aliphatic rings. The monoisotopic (exact) mass is 434 g/mol. The third kappa shape index (κ3) is 12.2. The van der Waals surface area contributed by atoms with Crippen LogP contribution in [0.25, 0.3) is 0 Å². The van der Waals surface area contributed by atoms with Gasteiger partial charge in [0.05, 0.1) is 39.3 Å². The summed E-state index contributed by atoms with van der Waals surface area (Å²) in [6.45, 7) is 6.28. The molecule has 8 nitrogen and oxygen atoms in total. The normalized spacial score (nSPS) is 11.1. The maximum atomic E-state index is 11.7. The summed E-state index contributed by atoms with van der Waals surface area (Å²) in [5.74, 6) is -0.712. The predicted molar refractivity (Wildman–Crippen MR) is 113 cm³/mol. The van der Waals surface area contributed by atoms with E-state index in [1.54, 1.807) is 24.3 Å². The van der Waals surface area contributed by atoms with E-state index in [4.69, 9.17) is 18.9 Å². The van der Waals surface area contributed by atoms with Crippen LogP contribution in [-0.2, 0) is 28.6 Å². The zero-order chi connectivity index (χ0) is 22.9. The fourth-order valence-corrected chi connectivity index (χ4v) is 2.43. The van der Waals surface area contributed by atoms with Crippen molar-refractivity contribution in [2.24, 2.45) is 5.92 Å². The molecule has 1 aromatic rings. The van der Waals surface area contributed by atoms with E-state index in [0.717, 1.165) is 18.8 Å². The number of carbonyl (C=O) groups excluding carboxylic acids is 4. The van der Waals surface area contributed by atoms with Crippen molar-refractivity contribution in [2.75, 3.05) is 26.4 Å². The van der Waals surface area contributed by atoms with Gasteiger partial charge in [0, 0.05) is 18.1 Å². The first kappa shape index (κ1) is 25.9. The van der Waals surface area contributed by atoms with Crippen molar-refractivity contribution in [1.29, 1.82) is 0 Å². The molecule has 0 saturated carbocycles. The Labute approximate surface area is 182 Å². The van der Waals surface area contributed by atoms with Gasteiger partial charge in [-0.3, -0.25) is 14.4 Å². The molecule has 170 valence electrons. The summed E-state index contributed by atoms with van der Waals surface area (Å²) in [7, 11) is 0. The van der Waals surface area contributed by atoms with Gasteiger partial charge in [-0.2, -0.15) is 0 Å². The maximum Gasteiger partial charge on any atom is 0.330 e. The minimum atomic E-state index is -0.478. The van der Waals surface area contributed by atoms with Crippen LogP contribution >= 0.6 is 0 Å².